The third kappa shape index (κ3) is 3.88. The highest BCUT2D eigenvalue weighted by Crippen LogP contribution is 2.20. The average molecular weight is 376 g/mol. The summed E-state index contributed by atoms with van der Waals surface area (Å²) in [5.41, 5.74) is 2.37. The van der Waals surface area contributed by atoms with E-state index in [1.807, 2.05) is 12.1 Å². The number of rotatable bonds is 6. The first-order chi connectivity index (χ1) is 13.7. The molecule has 1 aromatic carbocycles. The molecule has 0 spiro atoms. The number of aromatic nitrogens is 5. The number of benzene rings is 1. The second-order valence-electron chi connectivity index (χ2n) is 5.95. The van der Waals surface area contributed by atoms with Crippen molar-refractivity contribution in [2.24, 2.45) is 0 Å². The van der Waals surface area contributed by atoms with E-state index in [0.29, 0.717) is 41.8 Å². The van der Waals surface area contributed by atoms with Gasteiger partial charge in [0.05, 0.1) is 5.69 Å². The monoisotopic (exact) mass is 376 g/mol. The Kier molecular flexibility index (Phi) is 4.79. The number of carbonyl (C=O) groups is 1. The van der Waals surface area contributed by atoms with Crippen molar-refractivity contribution in [3.63, 3.8) is 0 Å². The summed E-state index contributed by atoms with van der Waals surface area (Å²) in [6, 6.07) is 13.7. The third-order valence-corrected chi connectivity index (χ3v) is 3.97. The number of carbonyl (C=O) groups excluding carboxylic acids is 1. The molecule has 28 heavy (non-hydrogen) atoms. The van der Waals surface area contributed by atoms with Gasteiger partial charge in [0, 0.05) is 24.7 Å². The molecule has 0 unspecified atom stereocenters. The molecule has 0 saturated heterocycles. The molecule has 9 nitrogen and oxygen atoms in total. The van der Waals surface area contributed by atoms with E-state index in [1.54, 1.807) is 42.6 Å². The molecule has 3 heterocycles. The fourth-order valence-electron chi connectivity index (χ4n) is 2.55. The van der Waals surface area contributed by atoms with Gasteiger partial charge in [-0.2, -0.15) is 10.1 Å². The maximum Gasteiger partial charge on any atom is 0.269 e. The molecule has 1 amide bonds. The van der Waals surface area contributed by atoms with E-state index in [0.717, 1.165) is 5.56 Å². The Morgan fingerprint density at radius 1 is 1.14 bits per heavy atom. The van der Waals surface area contributed by atoms with Crippen LogP contribution in [0.25, 0.3) is 22.8 Å². The van der Waals surface area contributed by atoms with Crippen LogP contribution in [0, 0.1) is 0 Å². The first-order valence-electron chi connectivity index (χ1n) is 8.56. The lowest BCUT2D eigenvalue weighted by atomic mass is 10.1. The molecule has 9 heteroatoms. The van der Waals surface area contributed by atoms with Gasteiger partial charge in [0.2, 0.25) is 11.7 Å². The van der Waals surface area contributed by atoms with Gasteiger partial charge in [0.1, 0.15) is 17.1 Å². The molecule has 0 aliphatic rings. The zero-order valence-electron chi connectivity index (χ0n) is 14.7. The van der Waals surface area contributed by atoms with Crippen LogP contribution < -0.4 is 5.32 Å². The topological polar surface area (TPSA) is 130 Å². The van der Waals surface area contributed by atoms with E-state index >= 15 is 0 Å². The Morgan fingerprint density at radius 2 is 2.00 bits per heavy atom. The number of H-pyrrole nitrogens is 1. The molecule has 0 aliphatic carbocycles. The van der Waals surface area contributed by atoms with E-state index < -0.39 is 0 Å². The minimum atomic E-state index is -0.290. The quantitative estimate of drug-likeness (QED) is 0.470. The van der Waals surface area contributed by atoms with Gasteiger partial charge in [0.15, 0.2) is 0 Å². The Hall–Kier alpha value is -4.01. The van der Waals surface area contributed by atoms with Crippen LogP contribution in [0.1, 0.15) is 16.4 Å². The number of amides is 1. The fourth-order valence-corrected chi connectivity index (χ4v) is 2.55. The average Bonchev–Trinajstić information content (AvgIpc) is 3.39. The number of phenols is 1. The summed E-state index contributed by atoms with van der Waals surface area (Å²) >= 11 is 0. The van der Waals surface area contributed by atoms with Crippen molar-refractivity contribution in [3.8, 4) is 28.5 Å². The molecule has 0 saturated carbocycles. The van der Waals surface area contributed by atoms with Crippen LogP contribution in [0.5, 0.6) is 5.75 Å². The number of hydrogen-bond acceptors (Lipinski definition) is 7. The fraction of sp³-hybridized carbons (Fsp3) is 0.105. The number of nitrogens with zero attached hydrogens (tertiary/aromatic N) is 4. The van der Waals surface area contributed by atoms with Crippen LogP contribution in [0.15, 0.2) is 59.3 Å². The number of hydrogen-bond donors (Lipinski definition) is 3. The number of aromatic hydroxyl groups is 1. The molecular weight excluding hydrogens is 360 g/mol. The molecule has 4 aromatic rings. The number of pyridine rings is 1. The molecule has 3 aromatic heterocycles. The van der Waals surface area contributed by atoms with Crippen LogP contribution in [0.2, 0.25) is 0 Å². The summed E-state index contributed by atoms with van der Waals surface area (Å²) in [5.74, 6) is 0.704. The van der Waals surface area contributed by atoms with Crippen molar-refractivity contribution in [1.29, 1.82) is 0 Å². The van der Waals surface area contributed by atoms with Gasteiger partial charge >= 0.3 is 0 Å². The maximum atomic E-state index is 12.3. The maximum absolute atomic E-state index is 12.3. The second-order valence-corrected chi connectivity index (χ2v) is 5.95. The normalized spacial score (nSPS) is 10.7. The largest absolute Gasteiger partial charge is 0.508 e. The predicted molar refractivity (Wildman–Crippen MR) is 99.3 cm³/mol. The van der Waals surface area contributed by atoms with Crippen LogP contribution in [-0.4, -0.2) is 42.9 Å². The van der Waals surface area contributed by atoms with Crippen LogP contribution in [-0.2, 0) is 6.42 Å². The van der Waals surface area contributed by atoms with Crippen molar-refractivity contribution in [2.75, 3.05) is 6.54 Å². The predicted octanol–water partition coefficient (Wildman–Crippen LogP) is 2.20. The van der Waals surface area contributed by atoms with E-state index in [4.69, 9.17) is 4.52 Å². The summed E-state index contributed by atoms with van der Waals surface area (Å²) in [4.78, 5) is 20.7. The zero-order chi connectivity index (χ0) is 19.3. The smallest absolute Gasteiger partial charge is 0.269 e. The van der Waals surface area contributed by atoms with Gasteiger partial charge in [-0.05, 0) is 42.5 Å². The van der Waals surface area contributed by atoms with Gasteiger partial charge in [-0.1, -0.05) is 11.2 Å². The second kappa shape index (κ2) is 7.70. The summed E-state index contributed by atoms with van der Waals surface area (Å²) < 4.78 is 5.19. The summed E-state index contributed by atoms with van der Waals surface area (Å²) in [6.07, 6.45) is 2.05. The van der Waals surface area contributed by atoms with Gasteiger partial charge in [-0.3, -0.25) is 14.9 Å². The molecule has 3 N–H and O–H groups in total. The Labute approximate surface area is 159 Å². The van der Waals surface area contributed by atoms with Crippen molar-refractivity contribution in [3.05, 3.63) is 66.3 Å². The van der Waals surface area contributed by atoms with Crippen molar-refractivity contribution in [1.82, 2.24) is 30.6 Å². The van der Waals surface area contributed by atoms with Crippen LogP contribution in [0.4, 0.5) is 0 Å². The molecule has 0 bridgehead atoms. The molecule has 140 valence electrons. The number of nitrogens with one attached hydrogen (secondary N) is 2. The molecule has 0 aliphatic heterocycles. The first-order valence-corrected chi connectivity index (χ1v) is 8.56. The number of phenolic OH excluding ortho intramolecular Hbond substituents is 1. The molecule has 4 rings (SSSR count). The van der Waals surface area contributed by atoms with Crippen molar-refractivity contribution < 1.29 is 14.4 Å². The van der Waals surface area contributed by atoms with Crippen LogP contribution >= 0.6 is 0 Å². The minimum absolute atomic E-state index is 0.171. The molecular formula is C19H16N6O3. The molecule has 0 atom stereocenters. The van der Waals surface area contributed by atoms with Crippen LogP contribution in [0.3, 0.4) is 0 Å². The highest BCUT2D eigenvalue weighted by atomic mass is 16.5. The summed E-state index contributed by atoms with van der Waals surface area (Å²) in [7, 11) is 0. The SMILES string of the molecule is O=C(NCCc1nc(-c2ccccn2)no1)c1cc(-c2ccc(O)cc2)n[nH]1. The van der Waals surface area contributed by atoms with Gasteiger partial charge in [-0.15, -0.1) is 0 Å². The van der Waals surface area contributed by atoms with Gasteiger partial charge < -0.3 is 14.9 Å². The van der Waals surface area contributed by atoms with E-state index in [2.05, 4.69) is 30.6 Å². The van der Waals surface area contributed by atoms with E-state index in [9.17, 15) is 9.90 Å². The number of aromatic amines is 1. The first kappa shape index (κ1) is 17.4. The minimum Gasteiger partial charge on any atom is -0.508 e. The molecule has 0 fully saturated rings. The van der Waals surface area contributed by atoms with E-state index in [1.165, 1.54) is 0 Å². The van der Waals surface area contributed by atoms with Gasteiger partial charge in [-0.25, -0.2) is 0 Å². The Morgan fingerprint density at radius 3 is 2.79 bits per heavy atom. The Bertz CT molecular complexity index is 1070. The Balaban J connectivity index is 1.33. The highest BCUT2D eigenvalue weighted by molar-refractivity contribution is 5.93. The standard InChI is InChI=1S/C19H16N6O3/c26-13-6-4-12(5-7-13)15-11-16(24-23-15)19(27)21-10-8-17-22-18(25-28-17)14-3-1-2-9-20-14/h1-7,9,11,26H,8,10H2,(H,21,27)(H,23,24). The lowest BCUT2D eigenvalue weighted by molar-refractivity contribution is 0.0948. The highest BCUT2D eigenvalue weighted by Gasteiger charge is 2.13. The van der Waals surface area contributed by atoms with Crippen molar-refractivity contribution in [2.45, 2.75) is 6.42 Å². The summed E-state index contributed by atoms with van der Waals surface area (Å²) in [5, 5.41) is 22.8. The lowest BCUT2D eigenvalue weighted by Crippen LogP contribution is -2.26. The lowest BCUT2D eigenvalue weighted by Gasteiger charge is -2.00. The third-order valence-electron chi connectivity index (χ3n) is 3.97. The zero-order valence-corrected chi connectivity index (χ0v) is 14.7. The van der Waals surface area contributed by atoms with Gasteiger partial charge in [0.25, 0.3) is 5.91 Å². The molecule has 0 radical (unpaired) electrons. The van der Waals surface area contributed by atoms with E-state index in [-0.39, 0.29) is 11.7 Å². The summed E-state index contributed by atoms with van der Waals surface area (Å²) in [6.45, 7) is 0.330. The van der Waals surface area contributed by atoms with Crippen molar-refractivity contribution >= 4 is 5.91 Å².